The van der Waals surface area contributed by atoms with E-state index in [1.54, 1.807) is 6.08 Å². The van der Waals surface area contributed by atoms with Gasteiger partial charge in [0.1, 0.15) is 15.8 Å². The van der Waals surface area contributed by atoms with E-state index in [1.807, 2.05) is 43.3 Å². The van der Waals surface area contributed by atoms with Gasteiger partial charge in [0, 0.05) is 24.6 Å². The molecule has 1 aromatic heterocycles. The average Bonchev–Trinajstić information content (AvgIpc) is 3.15. The largest absolute Gasteiger partial charge is 0.481 e. The zero-order valence-corrected chi connectivity index (χ0v) is 15.7. The van der Waals surface area contributed by atoms with Crippen LogP contribution >= 0.6 is 24.0 Å². The Morgan fingerprint density at radius 1 is 1.27 bits per heavy atom. The summed E-state index contributed by atoms with van der Waals surface area (Å²) in [7, 11) is 0. The first-order valence-electron chi connectivity index (χ1n) is 8.08. The van der Waals surface area contributed by atoms with Crippen LogP contribution in [0.1, 0.15) is 24.2 Å². The van der Waals surface area contributed by atoms with Crippen molar-refractivity contribution in [3.8, 4) is 11.3 Å². The summed E-state index contributed by atoms with van der Waals surface area (Å²) in [6, 6.07) is 11.7. The van der Waals surface area contributed by atoms with Crippen molar-refractivity contribution in [3.05, 3.63) is 52.6 Å². The number of hydrogen-bond donors (Lipinski definition) is 1. The number of aryl methyl sites for hydroxylation is 1. The third-order valence-electron chi connectivity index (χ3n) is 3.88. The van der Waals surface area contributed by atoms with E-state index < -0.39 is 5.97 Å². The maximum Gasteiger partial charge on any atom is 0.303 e. The van der Waals surface area contributed by atoms with Crippen molar-refractivity contribution in [2.45, 2.75) is 19.8 Å². The highest BCUT2D eigenvalue weighted by atomic mass is 32.2. The molecule has 1 aliphatic rings. The standard InChI is InChI=1S/C19H17NO4S2/c1-12-4-6-13(7-5-12)15-9-8-14(24-15)11-16-18(23)20(19(25)26-16)10-2-3-17(21)22/h4-9,11H,2-3,10H2,1H3,(H,21,22)/b16-11-. The van der Waals surface area contributed by atoms with Gasteiger partial charge in [-0.3, -0.25) is 14.5 Å². The molecule has 0 atom stereocenters. The van der Waals surface area contributed by atoms with Crippen molar-refractivity contribution in [2.75, 3.05) is 6.54 Å². The Balaban J connectivity index is 1.72. The highest BCUT2D eigenvalue weighted by Crippen LogP contribution is 2.33. The van der Waals surface area contributed by atoms with Gasteiger partial charge in [0.2, 0.25) is 0 Å². The lowest BCUT2D eigenvalue weighted by atomic mass is 10.1. The lowest BCUT2D eigenvalue weighted by Crippen LogP contribution is -2.29. The third-order valence-corrected chi connectivity index (χ3v) is 5.26. The van der Waals surface area contributed by atoms with Gasteiger partial charge in [-0.1, -0.05) is 53.8 Å². The van der Waals surface area contributed by atoms with E-state index in [-0.39, 0.29) is 12.3 Å². The molecule has 1 N–H and O–H groups in total. The van der Waals surface area contributed by atoms with Gasteiger partial charge in [-0.2, -0.15) is 0 Å². The molecule has 1 amide bonds. The molecule has 0 spiro atoms. The molecule has 2 heterocycles. The molecular weight excluding hydrogens is 370 g/mol. The summed E-state index contributed by atoms with van der Waals surface area (Å²) >= 11 is 6.44. The number of amides is 1. The Hall–Kier alpha value is -2.38. The molecule has 0 unspecified atom stereocenters. The van der Waals surface area contributed by atoms with Crippen LogP contribution in [0.5, 0.6) is 0 Å². The van der Waals surface area contributed by atoms with E-state index in [0.29, 0.717) is 28.0 Å². The molecule has 2 aromatic rings. The number of carbonyl (C=O) groups is 2. The van der Waals surface area contributed by atoms with Gasteiger partial charge in [-0.25, -0.2) is 0 Å². The Morgan fingerprint density at radius 3 is 2.69 bits per heavy atom. The Kier molecular flexibility index (Phi) is 5.58. The summed E-state index contributed by atoms with van der Waals surface area (Å²) in [6.07, 6.45) is 2.05. The van der Waals surface area contributed by atoms with Crippen LogP contribution < -0.4 is 0 Å². The number of thioether (sulfide) groups is 1. The number of carboxylic acids is 1. The van der Waals surface area contributed by atoms with E-state index in [1.165, 1.54) is 22.2 Å². The molecule has 1 saturated heterocycles. The van der Waals surface area contributed by atoms with Crippen LogP contribution in [0, 0.1) is 6.92 Å². The number of benzene rings is 1. The average molecular weight is 387 g/mol. The predicted octanol–water partition coefficient (Wildman–Crippen LogP) is 4.32. The summed E-state index contributed by atoms with van der Waals surface area (Å²) in [5, 5.41) is 8.71. The van der Waals surface area contributed by atoms with Gasteiger partial charge >= 0.3 is 5.97 Å². The summed E-state index contributed by atoms with van der Waals surface area (Å²) < 4.78 is 6.26. The number of carboxylic acid groups (broad SMARTS) is 1. The lowest BCUT2D eigenvalue weighted by Gasteiger charge is -2.13. The molecule has 1 aliphatic heterocycles. The quantitative estimate of drug-likeness (QED) is 0.588. The minimum atomic E-state index is -0.884. The third kappa shape index (κ3) is 4.23. The van der Waals surface area contributed by atoms with Gasteiger partial charge in [0.15, 0.2) is 0 Å². The van der Waals surface area contributed by atoms with E-state index in [2.05, 4.69) is 0 Å². The fourth-order valence-corrected chi connectivity index (χ4v) is 3.80. The molecule has 3 rings (SSSR count). The number of hydrogen-bond acceptors (Lipinski definition) is 5. The highest BCUT2D eigenvalue weighted by Gasteiger charge is 2.31. The van der Waals surface area contributed by atoms with Crippen molar-refractivity contribution >= 4 is 46.3 Å². The van der Waals surface area contributed by atoms with Crippen LogP contribution in [-0.2, 0) is 9.59 Å². The molecule has 7 heteroatoms. The van der Waals surface area contributed by atoms with Crippen LogP contribution in [0.25, 0.3) is 17.4 Å². The van der Waals surface area contributed by atoms with Crippen LogP contribution in [0.4, 0.5) is 0 Å². The van der Waals surface area contributed by atoms with Crippen LogP contribution in [-0.4, -0.2) is 32.7 Å². The Morgan fingerprint density at radius 2 is 2.00 bits per heavy atom. The number of thiocarbonyl (C=S) groups is 1. The second kappa shape index (κ2) is 7.88. The number of rotatable bonds is 6. The van der Waals surface area contributed by atoms with Gasteiger partial charge in [0.05, 0.1) is 4.91 Å². The van der Waals surface area contributed by atoms with Gasteiger partial charge in [-0.15, -0.1) is 0 Å². The molecule has 5 nitrogen and oxygen atoms in total. The van der Waals surface area contributed by atoms with E-state index in [0.717, 1.165) is 11.3 Å². The molecule has 0 saturated carbocycles. The highest BCUT2D eigenvalue weighted by molar-refractivity contribution is 8.26. The van der Waals surface area contributed by atoms with Gasteiger partial charge < -0.3 is 9.52 Å². The first-order valence-corrected chi connectivity index (χ1v) is 9.30. The van der Waals surface area contributed by atoms with Crippen molar-refractivity contribution in [1.29, 1.82) is 0 Å². The van der Waals surface area contributed by atoms with Crippen molar-refractivity contribution in [1.82, 2.24) is 4.90 Å². The normalized spacial score (nSPS) is 15.9. The van der Waals surface area contributed by atoms with Gasteiger partial charge in [-0.05, 0) is 25.5 Å². The SMILES string of the molecule is Cc1ccc(-c2ccc(/C=C3\SC(=S)N(CCCC(=O)O)C3=O)o2)cc1. The minimum Gasteiger partial charge on any atom is -0.481 e. The molecule has 1 aromatic carbocycles. The summed E-state index contributed by atoms with van der Waals surface area (Å²) in [4.78, 5) is 25.0. The number of carbonyl (C=O) groups excluding carboxylic acids is 1. The van der Waals surface area contributed by atoms with Gasteiger partial charge in [0.25, 0.3) is 5.91 Å². The number of nitrogens with zero attached hydrogens (tertiary/aromatic N) is 1. The maximum absolute atomic E-state index is 12.5. The topological polar surface area (TPSA) is 70.8 Å². The van der Waals surface area contributed by atoms with Crippen LogP contribution in [0.15, 0.2) is 45.7 Å². The molecule has 0 bridgehead atoms. The number of aliphatic carboxylic acids is 1. The zero-order chi connectivity index (χ0) is 18.7. The Labute approximate surface area is 160 Å². The Bertz CT molecular complexity index is 883. The predicted molar refractivity (Wildman–Crippen MR) is 106 cm³/mol. The molecular formula is C19H17NO4S2. The van der Waals surface area contributed by atoms with Crippen molar-refractivity contribution in [3.63, 3.8) is 0 Å². The summed E-state index contributed by atoms with van der Waals surface area (Å²) in [5.41, 5.74) is 2.14. The van der Waals surface area contributed by atoms with Crippen LogP contribution in [0.2, 0.25) is 0 Å². The van der Waals surface area contributed by atoms with Crippen molar-refractivity contribution in [2.24, 2.45) is 0 Å². The number of furan rings is 1. The molecule has 1 fully saturated rings. The first kappa shape index (κ1) is 18.4. The minimum absolute atomic E-state index is 0.00814. The molecule has 26 heavy (non-hydrogen) atoms. The monoisotopic (exact) mass is 387 g/mol. The maximum atomic E-state index is 12.5. The molecule has 0 aliphatic carbocycles. The van der Waals surface area contributed by atoms with Crippen molar-refractivity contribution < 1.29 is 19.1 Å². The lowest BCUT2D eigenvalue weighted by molar-refractivity contribution is -0.137. The zero-order valence-electron chi connectivity index (χ0n) is 14.1. The summed E-state index contributed by atoms with van der Waals surface area (Å²) in [5.74, 6) is 0.212. The summed E-state index contributed by atoms with van der Waals surface area (Å²) in [6.45, 7) is 2.33. The van der Waals surface area contributed by atoms with E-state index >= 15 is 0 Å². The van der Waals surface area contributed by atoms with E-state index in [4.69, 9.17) is 21.7 Å². The van der Waals surface area contributed by atoms with E-state index in [9.17, 15) is 9.59 Å². The first-order chi connectivity index (χ1) is 12.4. The van der Waals surface area contributed by atoms with Crippen LogP contribution in [0.3, 0.4) is 0 Å². The second-order valence-electron chi connectivity index (χ2n) is 5.90. The molecule has 134 valence electrons. The fraction of sp³-hybridized carbons (Fsp3) is 0.211. The fourth-order valence-electron chi connectivity index (χ4n) is 2.51. The second-order valence-corrected chi connectivity index (χ2v) is 7.57. The smallest absolute Gasteiger partial charge is 0.303 e. The molecule has 0 radical (unpaired) electrons.